The van der Waals surface area contributed by atoms with Crippen LogP contribution < -0.4 is 0 Å². The minimum Gasteiger partial charge on any atom is -0.0988 e. The lowest BCUT2D eigenvalue weighted by Crippen LogP contribution is -1.54. The van der Waals surface area contributed by atoms with Crippen molar-refractivity contribution in [2.24, 2.45) is 0 Å². The minimum absolute atomic E-state index is 1.15. The van der Waals surface area contributed by atoms with Crippen LogP contribution in [0.5, 0.6) is 0 Å². The number of rotatable bonds is 1. The van der Waals surface area contributed by atoms with E-state index >= 15 is 0 Å². The van der Waals surface area contributed by atoms with E-state index in [1.807, 2.05) is 11.9 Å². The Kier molecular flexibility index (Phi) is 3.14. The quantitative estimate of drug-likeness (QED) is 0.499. The first-order chi connectivity index (χ1) is 2.81. The average molecular weight is 147 g/mol. The maximum atomic E-state index is 3.53. The molecule has 0 saturated heterocycles. The van der Waals surface area contributed by atoms with Crippen LogP contribution in [0.1, 0.15) is 6.92 Å². The van der Waals surface area contributed by atoms with Gasteiger partial charge in [0, 0.05) is 0 Å². The molecule has 0 aliphatic heterocycles. The monoisotopic (exact) mass is 146 g/mol. The molecule has 0 heterocycles. The molecule has 0 aromatic rings. The van der Waals surface area contributed by atoms with Crippen molar-refractivity contribution in [3.63, 3.8) is 0 Å². The normalized spacial score (nSPS) is 11.3. The van der Waals surface area contributed by atoms with E-state index in [9.17, 15) is 0 Å². The van der Waals surface area contributed by atoms with E-state index in [1.165, 1.54) is 0 Å². The zero-order valence-electron chi connectivity index (χ0n) is 3.74. The summed E-state index contributed by atoms with van der Waals surface area (Å²) in [5, 5.41) is 0. The summed E-state index contributed by atoms with van der Waals surface area (Å²) in [6, 6.07) is 0. The first kappa shape index (κ1) is 5.96. The highest BCUT2D eigenvalue weighted by Gasteiger charge is 1.68. The Balaban J connectivity index is 3.50. The van der Waals surface area contributed by atoms with Gasteiger partial charge in [0.2, 0.25) is 0 Å². The molecule has 0 unspecified atom stereocenters. The molecule has 0 radical (unpaired) electrons. The fourth-order valence-electron chi connectivity index (χ4n) is 0.0445. The molecule has 0 bridgehead atoms. The summed E-state index contributed by atoms with van der Waals surface area (Å²) in [7, 11) is 0. The van der Waals surface area contributed by atoms with E-state index in [4.69, 9.17) is 0 Å². The van der Waals surface area contributed by atoms with Crippen LogP contribution in [0.2, 0.25) is 0 Å². The minimum atomic E-state index is 1.15. The van der Waals surface area contributed by atoms with Gasteiger partial charge in [0.05, 0.1) is 0 Å². The lowest BCUT2D eigenvalue weighted by Gasteiger charge is -1.77. The highest BCUT2D eigenvalue weighted by Crippen LogP contribution is 1.95. The maximum absolute atomic E-state index is 3.53. The van der Waals surface area contributed by atoms with E-state index in [0.29, 0.717) is 0 Å². The fourth-order valence-corrected chi connectivity index (χ4v) is 0.231. The Labute approximate surface area is 46.7 Å². The first-order valence-corrected chi connectivity index (χ1v) is 2.62. The largest absolute Gasteiger partial charge is 0.0988 e. The van der Waals surface area contributed by atoms with E-state index < -0.39 is 0 Å². The Morgan fingerprint density at radius 3 is 2.33 bits per heavy atom. The molecule has 0 aromatic carbocycles. The van der Waals surface area contributed by atoms with Gasteiger partial charge < -0.3 is 0 Å². The van der Waals surface area contributed by atoms with Gasteiger partial charge in [-0.15, -0.1) is 0 Å². The van der Waals surface area contributed by atoms with Crippen molar-refractivity contribution >= 4 is 15.9 Å². The van der Waals surface area contributed by atoms with E-state index in [-0.39, 0.29) is 0 Å². The molecule has 6 heavy (non-hydrogen) atoms. The molecule has 0 saturated carbocycles. The molecule has 0 N–H and O–H groups in total. The van der Waals surface area contributed by atoms with Crippen LogP contribution in [0.15, 0.2) is 23.2 Å². The molecule has 34 valence electrons. The van der Waals surface area contributed by atoms with Crippen molar-refractivity contribution in [2.45, 2.75) is 6.92 Å². The van der Waals surface area contributed by atoms with E-state index in [1.54, 1.807) is 6.08 Å². The van der Waals surface area contributed by atoms with Gasteiger partial charge in [-0.05, 0) is 17.5 Å². The summed E-state index contributed by atoms with van der Waals surface area (Å²) in [5.41, 5.74) is 1.15. The molecule has 0 fully saturated rings. The summed E-state index contributed by atoms with van der Waals surface area (Å²) in [6.07, 6.45) is 1.79. The number of hydrogen-bond donors (Lipinski definition) is 0. The highest BCUT2D eigenvalue weighted by atomic mass is 79.9. The molecule has 0 rings (SSSR count). The summed E-state index contributed by atoms with van der Waals surface area (Å²) >= 11 is 3.14. The molecule has 0 nitrogen and oxygen atoms in total. The van der Waals surface area contributed by atoms with Crippen LogP contribution in [-0.2, 0) is 0 Å². The lowest BCUT2D eigenvalue weighted by atomic mass is 10.4. The Bertz CT molecular complexity index is 72.0. The van der Waals surface area contributed by atoms with Crippen LogP contribution in [0.3, 0.4) is 0 Å². The maximum Gasteiger partial charge on any atom is -0.0160 e. The van der Waals surface area contributed by atoms with Gasteiger partial charge in [0.25, 0.3) is 0 Å². The molecule has 0 aliphatic carbocycles. The smallest absolute Gasteiger partial charge is 0.0160 e. The van der Waals surface area contributed by atoms with E-state index in [2.05, 4.69) is 22.5 Å². The van der Waals surface area contributed by atoms with Crippen molar-refractivity contribution in [2.75, 3.05) is 0 Å². The number of halogens is 1. The third-order valence-corrected chi connectivity index (χ3v) is 1.22. The van der Waals surface area contributed by atoms with Crippen molar-refractivity contribution in [3.05, 3.63) is 23.2 Å². The molecule has 0 spiro atoms. The molecule has 0 aromatic heterocycles. The Morgan fingerprint density at radius 1 is 1.83 bits per heavy atom. The predicted octanol–water partition coefficient (Wildman–Crippen LogP) is 2.47. The third kappa shape index (κ3) is 2.21. The molecule has 0 atom stereocenters. The highest BCUT2D eigenvalue weighted by molar-refractivity contribution is 9.11. The topological polar surface area (TPSA) is 0 Å². The molecular weight excluding hydrogens is 140 g/mol. The van der Waals surface area contributed by atoms with Crippen molar-refractivity contribution in [1.29, 1.82) is 0 Å². The van der Waals surface area contributed by atoms with Crippen LogP contribution in [0.25, 0.3) is 0 Å². The summed E-state index contributed by atoms with van der Waals surface area (Å²) in [6.45, 7) is 5.51. The van der Waals surface area contributed by atoms with Gasteiger partial charge in [-0.1, -0.05) is 28.6 Å². The number of allylic oxidation sites excluding steroid dienone is 2. The zero-order chi connectivity index (χ0) is 4.99. The average Bonchev–Trinajstić information content (AvgIpc) is 1.65. The van der Waals surface area contributed by atoms with Gasteiger partial charge >= 0.3 is 0 Å². The second kappa shape index (κ2) is 3.16. The second-order valence-corrected chi connectivity index (χ2v) is 1.52. The lowest BCUT2D eigenvalue weighted by molar-refractivity contribution is 1.57. The van der Waals surface area contributed by atoms with Gasteiger partial charge in [-0.2, -0.15) is 0 Å². The standard InChI is InChI=1S/C5H7Br/c1-3-5(2)4-6/h3-4H,1H2,2H3/b5-4-. The van der Waals surface area contributed by atoms with Crippen LogP contribution in [0, 0.1) is 0 Å². The third-order valence-electron chi connectivity index (χ3n) is 0.494. The second-order valence-electron chi connectivity index (χ2n) is 1.06. The van der Waals surface area contributed by atoms with Gasteiger partial charge in [-0.3, -0.25) is 0 Å². The molecule has 0 amide bonds. The zero-order valence-corrected chi connectivity index (χ0v) is 5.33. The van der Waals surface area contributed by atoms with Crippen molar-refractivity contribution in [3.8, 4) is 0 Å². The molecule has 0 aliphatic rings. The van der Waals surface area contributed by atoms with Gasteiger partial charge in [0.1, 0.15) is 0 Å². The first-order valence-electron chi connectivity index (χ1n) is 1.70. The van der Waals surface area contributed by atoms with Crippen LogP contribution in [-0.4, -0.2) is 0 Å². The summed E-state index contributed by atoms with van der Waals surface area (Å²) < 4.78 is 0. The fraction of sp³-hybridized carbons (Fsp3) is 0.200. The Morgan fingerprint density at radius 2 is 2.33 bits per heavy atom. The SMILES string of the molecule is C=C/C(C)=C\Br. The van der Waals surface area contributed by atoms with Crippen LogP contribution >= 0.6 is 15.9 Å². The summed E-state index contributed by atoms with van der Waals surface area (Å²) in [5.74, 6) is 0. The van der Waals surface area contributed by atoms with Crippen LogP contribution in [0.4, 0.5) is 0 Å². The van der Waals surface area contributed by atoms with Gasteiger partial charge in [-0.25, -0.2) is 0 Å². The number of hydrogen-bond acceptors (Lipinski definition) is 0. The van der Waals surface area contributed by atoms with Gasteiger partial charge in [0.15, 0.2) is 0 Å². The van der Waals surface area contributed by atoms with Crippen molar-refractivity contribution < 1.29 is 0 Å². The molecule has 1 heteroatoms. The van der Waals surface area contributed by atoms with Crippen molar-refractivity contribution in [1.82, 2.24) is 0 Å². The summed E-state index contributed by atoms with van der Waals surface area (Å²) in [4.78, 5) is 1.83. The molecular formula is C5H7Br. The Hall–Kier alpha value is -0.0400. The van der Waals surface area contributed by atoms with E-state index in [0.717, 1.165) is 5.57 Å². The predicted molar refractivity (Wildman–Crippen MR) is 32.9 cm³/mol.